The second-order valence-corrected chi connectivity index (χ2v) is 4.08. The number of rotatable bonds is 5. The van der Waals surface area contributed by atoms with Crippen molar-refractivity contribution in [1.29, 1.82) is 5.26 Å². The number of benzene rings is 1. The molecule has 0 aromatic heterocycles. The molecule has 18 heavy (non-hydrogen) atoms. The van der Waals surface area contributed by atoms with Crippen LogP contribution in [0.25, 0.3) is 0 Å². The van der Waals surface area contributed by atoms with Crippen molar-refractivity contribution in [1.82, 2.24) is 0 Å². The molecule has 1 rings (SSSR count). The molecule has 0 aliphatic carbocycles. The molecule has 0 fully saturated rings. The lowest BCUT2D eigenvalue weighted by molar-refractivity contribution is -0.141. The zero-order valence-electron chi connectivity index (χ0n) is 10.6. The van der Waals surface area contributed by atoms with Gasteiger partial charge in [-0.3, -0.25) is 4.79 Å². The van der Waals surface area contributed by atoms with Gasteiger partial charge in [0.25, 0.3) is 0 Å². The first-order valence-electron chi connectivity index (χ1n) is 5.57. The minimum absolute atomic E-state index is 0.290. The van der Waals surface area contributed by atoms with Crippen LogP contribution in [0.3, 0.4) is 0 Å². The Morgan fingerprint density at radius 1 is 1.50 bits per heavy atom. The molecule has 0 amide bonds. The molecule has 2 atom stereocenters. The summed E-state index contributed by atoms with van der Waals surface area (Å²) in [6, 6.07) is 6.78. The van der Waals surface area contributed by atoms with E-state index < -0.39 is 11.9 Å². The zero-order valence-corrected chi connectivity index (χ0v) is 10.6. The molecule has 5 nitrogen and oxygen atoms in total. The largest absolute Gasteiger partial charge is 0.497 e. The maximum absolute atomic E-state index is 10.9. The van der Waals surface area contributed by atoms with Gasteiger partial charge in [-0.05, 0) is 26.0 Å². The molecule has 0 saturated carbocycles. The van der Waals surface area contributed by atoms with Gasteiger partial charge >= 0.3 is 5.97 Å². The van der Waals surface area contributed by atoms with Crippen molar-refractivity contribution in [3.63, 3.8) is 0 Å². The Labute approximate surface area is 106 Å². The van der Waals surface area contributed by atoms with Crippen molar-refractivity contribution in [3.05, 3.63) is 23.8 Å². The number of carbonyl (C=O) groups is 1. The van der Waals surface area contributed by atoms with Crippen LogP contribution in [-0.2, 0) is 4.79 Å². The van der Waals surface area contributed by atoms with E-state index in [1.807, 2.05) is 0 Å². The monoisotopic (exact) mass is 248 g/mol. The Morgan fingerprint density at radius 2 is 2.17 bits per heavy atom. The first-order valence-corrected chi connectivity index (χ1v) is 5.57. The average Bonchev–Trinajstić information content (AvgIpc) is 2.37. The molecule has 2 unspecified atom stereocenters. The lowest BCUT2D eigenvalue weighted by atomic mass is 10.0. The van der Waals surface area contributed by atoms with Crippen molar-refractivity contribution in [2.24, 2.45) is 5.92 Å². The van der Waals surface area contributed by atoms with Gasteiger partial charge in [0.1, 0.15) is 11.8 Å². The molecule has 0 bridgehead atoms. The van der Waals surface area contributed by atoms with Gasteiger partial charge in [0.05, 0.1) is 24.3 Å². The number of nitrogens with zero attached hydrogens (tertiary/aromatic N) is 1. The number of hydrogen-bond donors (Lipinski definition) is 2. The molecule has 2 N–H and O–H groups in total. The molecular formula is C13H16N2O3. The second-order valence-electron chi connectivity index (χ2n) is 4.08. The number of aliphatic carboxylic acids is 1. The quantitative estimate of drug-likeness (QED) is 0.833. The highest BCUT2D eigenvalue weighted by molar-refractivity contribution is 5.71. The summed E-state index contributed by atoms with van der Waals surface area (Å²) in [5.74, 6) is -0.814. The molecule has 0 saturated heterocycles. The predicted molar refractivity (Wildman–Crippen MR) is 67.6 cm³/mol. The van der Waals surface area contributed by atoms with Crippen molar-refractivity contribution in [2.45, 2.75) is 19.9 Å². The number of ether oxygens (including phenoxy) is 1. The van der Waals surface area contributed by atoms with Crippen LogP contribution >= 0.6 is 0 Å². The summed E-state index contributed by atoms with van der Waals surface area (Å²) in [5.41, 5.74) is 1.04. The number of carboxylic acid groups (broad SMARTS) is 1. The van der Waals surface area contributed by atoms with Gasteiger partial charge in [0.15, 0.2) is 0 Å². The van der Waals surface area contributed by atoms with Gasteiger partial charge in [-0.15, -0.1) is 0 Å². The highest BCUT2D eigenvalue weighted by atomic mass is 16.5. The van der Waals surface area contributed by atoms with E-state index >= 15 is 0 Å². The summed E-state index contributed by atoms with van der Waals surface area (Å²) < 4.78 is 5.08. The predicted octanol–water partition coefficient (Wildman–Crippen LogP) is 2.09. The van der Waals surface area contributed by atoms with E-state index in [0.29, 0.717) is 17.0 Å². The molecular weight excluding hydrogens is 232 g/mol. The van der Waals surface area contributed by atoms with E-state index in [4.69, 9.17) is 15.1 Å². The Morgan fingerprint density at radius 3 is 2.67 bits per heavy atom. The van der Waals surface area contributed by atoms with Gasteiger partial charge in [0.2, 0.25) is 0 Å². The van der Waals surface area contributed by atoms with E-state index in [1.54, 1.807) is 32.0 Å². The highest BCUT2D eigenvalue weighted by Crippen LogP contribution is 2.23. The Hall–Kier alpha value is -2.22. The lowest BCUT2D eigenvalue weighted by Gasteiger charge is -2.20. The third kappa shape index (κ3) is 3.14. The minimum Gasteiger partial charge on any atom is -0.497 e. The third-order valence-electron chi connectivity index (χ3n) is 2.87. The molecule has 0 aliphatic heterocycles. The SMILES string of the molecule is COc1ccc(C#N)c(NC(C)C(C)C(=O)O)c1. The van der Waals surface area contributed by atoms with Crippen LogP contribution in [-0.4, -0.2) is 24.2 Å². The van der Waals surface area contributed by atoms with Crippen LogP contribution in [0.2, 0.25) is 0 Å². The molecule has 96 valence electrons. The second kappa shape index (κ2) is 5.92. The fraction of sp³-hybridized carbons (Fsp3) is 0.385. The van der Waals surface area contributed by atoms with Crippen molar-refractivity contribution in [2.75, 3.05) is 12.4 Å². The number of carboxylic acids is 1. The Balaban J connectivity index is 2.95. The van der Waals surface area contributed by atoms with E-state index in [9.17, 15) is 4.79 Å². The zero-order chi connectivity index (χ0) is 13.7. The summed E-state index contributed by atoms with van der Waals surface area (Å²) in [4.78, 5) is 10.9. The van der Waals surface area contributed by atoms with E-state index in [2.05, 4.69) is 11.4 Å². The van der Waals surface area contributed by atoms with Gasteiger partial charge < -0.3 is 15.2 Å². The van der Waals surface area contributed by atoms with Crippen LogP contribution in [0.5, 0.6) is 5.75 Å². The molecule has 1 aromatic rings. The summed E-state index contributed by atoms with van der Waals surface area (Å²) in [6.07, 6.45) is 0. The maximum atomic E-state index is 10.9. The number of nitriles is 1. The molecule has 0 radical (unpaired) electrons. The Bertz CT molecular complexity index is 480. The first kappa shape index (κ1) is 13.8. The fourth-order valence-electron chi connectivity index (χ4n) is 1.45. The van der Waals surface area contributed by atoms with Crippen LogP contribution in [0.4, 0.5) is 5.69 Å². The lowest BCUT2D eigenvalue weighted by Crippen LogP contribution is -2.30. The van der Waals surface area contributed by atoms with E-state index in [0.717, 1.165) is 0 Å². The van der Waals surface area contributed by atoms with Crippen LogP contribution in [0.15, 0.2) is 18.2 Å². The van der Waals surface area contributed by atoms with Crippen LogP contribution < -0.4 is 10.1 Å². The summed E-state index contributed by atoms with van der Waals surface area (Å²) in [6.45, 7) is 3.38. The molecule has 0 spiro atoms. The van der Waals surface area contributed by atoms with Crippen molar-refractivity contribution in [3.8, 4) is 11.8 Å². The molecule has 0 heterocycles. The van der Waals surface area contributed by atoms with Crippen molar-refractivity contribution < 1.29 is 14.6 Å². The number of nitrogens with one attached hydrogen (secondary N) is 1. The van der Waals surface area contributed by atoms with Gasteiger partial charge in [-0.1, -0.05) is 0 Å². The molecule has 5 heteroatoms. The first-order chi connectivity index (χ1) is 8.49. The van der Waals surface area contributed by atoms with Crippen molar-refractivity contribution >= 4 is 11.7 Å². The van der Waals surface area contributed by atoms with Gasteiger partial charge in [0, 0.05) is 12.1 Å². The average molecular weight is 248 g/mol. The van der Waals surface area contributed by atoms with Crippen LogP contribution in [0, 0.1) is 17.2 Å². The maximum Gasteiger partial charge on any atom is 0.308 e. The fourth-order valence-corrected chi connectivity index (χ4v) is 1.45. The summed E-state index contributed by atoms with van der Waals surface area (Å²) in [7, 11) is 1.54. The van der Waals surface area contributed by atoms with E-state index in [1.165, 1.54) is 7.11 Å². The third-order valence-corrected chi connectivity index (χ3v) is 2.87. The standard InChI is InChI=1S/C13H16N2O3/c1-8(13(16)17)9(2)15-12-6-11(18-3)5-4-10(12)7-14/h4-6,8-9,15H,1-3H3,(H,16,17). The highest BCUT2D eigenvalue weighted by Gasteiger charge is 2.20. The Kier molecular flexibility index (Phi) is 4.55. The number of hydrogen-bond acceptors (Lipinski definition) is 4. The summed E-state index contributed by atoms with van der Waals surface area (Å²) in [5, 5.41) is 21.0. The topological polar surface area (TPSA) is 82.3 Å². The smallest absolute Gasteiger partial charge is 0.308 e. The van der Waals surface area contributed by atoms with Crippen LogP contribution in [0.1, 0.15) is 19.4 Å². The number of methoxy groups -OCH3 is 1. The van der Waals surface area contributed by atoms with Gasteiger partial charge in [-0.25, -0.2) is 0 Å². The molecule has 1 aromatic carbocycles. The normalized spacial score (nSPS) is 13.2. The number of anilines is 1. The minimum atomic E-state index is -0.878. The van der Waals surface area contributed by atoms with Gasteiger partial charge in [-0.2, -0.15) is 5.26 Å². The van der Waals surface area contributed by atoms with E-state index in [-0.39, 0.29) is 6.04 Å². The summed E-state index contributed by atoms with van der Waals surface area (Å²) >= 11 is 0. The molecule has 0 aliphatic rings.